The first-order chi connectivity index (χ1) is 9.36. The van der Waals surface area contributed by atoms with E-state index in [4.69, 9.17) is 0 Å². The van der Waals surface area contributed by atoms with Crippen LogP contribution in [0.1, 0.15) is 13.3 Å². The van der Waals surface area contributed by atoms with Gasteiger partial charge in [0.05, 0.1) is 17.1 Å². The molecule has 1 aromatic carbocycles. The molecule has 1 rings (SSSR count). The summed E-state index contributed by atoms with van der Waals surface area (Å²) in [6.45, 7) is 1.37. The normalized spacial score (nSPS) is 11.8. The maximum atomic E-state index is 13.3. The lowest BCUT2D eigenvalue weighted by Gasteiger charge is -2.10. The Kier molecular flexibility index (Phi) is 6.00. The molecule has 1 aromatic rings. The number of carbonyl (C=O) groups is 2. The van der Waals surface area contributed by atoms with Gasteiger partial charge in [0.25, 0.3) is 0 Å². The van der Waals surface area contributed by atoms with Gasteiger partial charge in [-0.05, 0) is 18.6 Å². The molecule has 4 nitrogen and oxygen atoms in total. The van der Waals surface area contributed by atoms with Crippen molar-refractivity contribution >= 4 is 33.4 Å². The summed E-state index contributed by atoms with van der Waals surface area (Å²) in [6, 6.07) is 1.59. The van der Waals surface area contributed by atoms with Gasteiger partial charge in [0.1, 0.15) is 0 Å². The highest BCUT2D eigenvalue weighted by atomic mass is 79.9. The average molecular weight is 353 g/mol. The Bertz CT molecular complexity index is 526. The zero-order valence-electron chi connectivity index (χ0n) is 10.5. The number of rotatable bonds is 5. The molecular formula is C12H12BrF3N2O2. The van der Waals surface area contributed by atoms with Gasteiger partial charge < -0.3 is 10.6 Å². The average Bonchev–Trinajstić information content (AvgIpc) is 2.44. The number of halogens is 4. The number of benzene rings is 1. The summed E-state index contributed by atoms with van der Waals surface area (Å²) in [6.07, 6.45) is 0.533. The molecule has 0 heterocycles. The first-order valence-corrected chi connectivity index (χ1v) is 6.63. The van der Waals surface area contributed by atoms with Crippen molar-refractivity contribution in [2.75, 3.05) is 11.9 Å². The van der Waals surface area contributed by atoms with Crippen molar-refractivity contribution in [3.8, 4) is 0 Å². The molecule has 0 saturated heterocycles. The summed E-state index contributed by atoms with van der Waals surface area (Å²) in [5.41, 5.74) is -0.492. The molecule has 0 aromatic heterocycles. The van der Waals surface area contributed by atoms with Crippen LogP contribution in [-0.4, -0.2) is 23.2 Å². The molecular weight excluding hydrogens is 341 g/mol. The van der Waals surface area contributed by atoms with Crippen LogP contribution in [0.2, 0.25) is 0 Å². The monoisotopic (exact) mass is 352 g/mol. The van der Waals surface area contributed by atoms with Gasteiger partial charge in [-0.3, -0.25) is 9.59 Å². The zero-order valence-corrected chi connectivity index (χ0v) is 12.1. The number of anilines is 1. The Balaban J connectivity index is 2.60. The lowest BCUT2D eigenvalue weighted by atomic mass is 10.2. The third-order valence-electron chi connectivity index (χ3n) is 2.38. The quantitative estimate of drug-likeness (QED) is 0.631. The van der Waals surface area contributed by atoms with Crippen LogP contribution in [0.4, 0.5) is 18.9 Å². The highest BCUT2D eigenvalue weighted by Crippen LogP contribution is 2.19. The van der Waals surface area contributed by atoms with Crippen molar-refractivity contribution in [2.24, 2.45) is 0 Å². The van der Waals surface area contributed by atoms with Crippen LogP contribution in [0.5, 0.6) is 0 Å². The number of nitrogens with one attached hydrogen (secondary N) is 2. The third kappa shape index (κ3) is 4.22. The SMILES string of the molecule is CCC(Br)C(=O)NCC(=O)Nc1ccc(F)c(F)c1F. The molecule has 20 heavy (non-hydrogen) atoms. The van der Waals surface area contributed by atoms with E-state index in [-0.39, 0.29) is 0 Å². The van der Waals surface area contributed by atoms with E-state index in [9.17, 15) is 22.8 Å². The lowest BCUT2D eigenvalue weighted by molar-refractivity contribution is -0.123. The van der Waals surface area contributed by atoms with E-state index in [1.54, 1.807) is 6.92 Å². The van der Waals surface area contributed by atoms with Crippen molar-refractivity contribution in [1.82, 2.24) is 5.32 Å². The molecule has 0 bridgehead atoms. The van der Waals surface area contributed by atoms with E-state index in [2.05, 4.69) is 21.2 Å². The predicted molar refractivity (Wildman–Crippen MR) is 71.0 cm³/mol. The molecule has 0 aliphatic carbocycles. The summed E-state index contributed by atoms with van der Waals surface area (Å²) < 4.78 is 38.9. The first kappa shape index (κ1) is 16.5. The number of amides is 2. The summed E-state index contributed by atoms with van der Waals surface area (Å²) in [4.78, 5) is 22.4. The molecule has 1 unspecified atom stereocenters. The summed E-state index contributed by atoms with van der Waals surface area (Å²) in [5, 5.41) is 4.35. The number of hydrogen-bond acceptors (Lipinski definition) is 2. The fourth-order valence-corrected chi connectivity index (χ4v) is 1.44. The van der Waals surface area contributed by atoms with Crippen molar-refractivity contribution in [3.05, 3.63) is 29.6 Å². The second-order valence-electron chi connectivity index (χ2n) is 3.86. The van der Waals surface area contributed by atoms with Crippen LogP contribution in [0, 0.1) is 17.5 Å². The fraction of sp³-hybridized carbons (Fsp3) is 0.333. The summed E-state index contributed by atoms with van der Waals surface area (Å²) in [7, 11) is 0. The molecule has 0 aliphatic heterocycles. The first-order valence-electron chi connectivity index (χ1n) is 5.72. The Morgan fingerprint density at radius 1 is 1.25 bits per heavy atom. The molecule has 110 valence electrons. The molecule has 2 N–H and O–H groups in total. The molecule has 0 spiro atoms. The largest absolute Gasteiger partial charge is 0.346 e. The lowest BCUT2D eigenvalue weighted by Crippen LogP contribution is -2.37. The van der Waals surface area contributed by atoms with Gasteiger partial charge in [0.15, 0.2) is 17.5 Å². The maximum Gasteiger partial charge on any atom is 0.243 e. The zero-order chi connectivity index (χ0) is 15.3. The second kappa shape index (κ2) is 7.28. The highest BCUT2D eigenvalue weighted by molar-refractivity contribution is 9.10. The van der Waals surface area contributed by atoms with Crippen LogP contribution in [0.15, 0.2) is 12.1 Å². The van der Waals surface area contributed by atoms with Crippen molar-refractivity contribution in [3.63, 3.8) is 0 Å². The van der Waals surface area contributed by atoms with E-state index in [0.29, 0.717) is 12.5 Å². The van der Waals surface area contributed by atoms with Crippen LogP contribution in [0.25, 0.3) is 0 Å². The number of hydrogen-bond donors (Lipinski definition) is 2. The minimum absolute atomic E-state index is 0.395. The standard InChI is InChI=1S/C12H12BrF3N2O2/c1-2-6(13)12(20)17-5-9(19)18-8-4-3-7(14)10(15)11(8)16/h3-4,6H,2,5H2,1H3,(H,17,20)(H,18,19). The molecule has 0 saturated carbocycles. The van der Waals surface area contributed by atoms with Crippen molar-refractivity contribution in [2.45, 2.75) is 18.2 Å². The van der Waals surface area contributed by atoms with E-state index < -0.39 is 46.3 Å². The maximum absolute atomic E-state index is 13.3. The smallest absolute Gasteiger partial charge is 0.243 e. The second-order valence-corrected chi connectivity index (χ2v) is 4.97. The van der Waals surface area contributed by atoms with Gasteiger partial charge in [-0.25, -0.2) is 13.2 Å². The van der Waals surface area contributed by atoms with Crippen LogP contribution >= 0.6 is 15.9 Å². The molecule has 8 heteroatoms. The minimum atomic E-state index is -1.67. The Morgan fingerprint density at radius 2 is 1.90 bits per heavy atom. The van der Waals surface area contributed by atoms with Gasteiger partial charge in [-0.15, -0.1) is 0 Å². The number of alkyl halides is 1. The summed E-state index contributed by atoms with van der Waals surface area (Å²) in [5.74, 6) is -5.65. The topological polar surface area (TPSA) is 58.2 Å². The van der Waals surface area contributed by atoms with E-state index in [1.807, 2.05) is 5.32 Å². The van der Waals surface area contributed by atoms with Crippen LogP contribution < -0.4 is 10.6 Å². The number of carbonyl (C=O) groups excluding carboxylic acids is 2. The fourth-order valence-electron chi connectivity index (χ4n) is 1.28. The van der Waals surface area contributed by atoms with Gasteiger partial charge in [-0.2, -0.15) is 0 Å². The van der Waals surface area contributed by atoms with Crippen molar-refractivity contribution in [1.29, 1.82) is 0 Å². The Hall–Kier alpha value is -1.57. The molecule has 2 amide bonds. The molecule has 0 fully saturated rings. The molecule has 1 atom stereocenters. The molecule has 0 radical (unpaired) electrons. The van der Waals surface area contributed by atoms with Gasteiger partial charge >= 0.3 is 0 Å². The minimum Gasteiger partial charge on any atom is -0.346 e. The van der Waals surface area contributed by atoms with E-state index in [0.717, 1.165) is 6.07 Å². The van der Waals surface area contributed by atoms with E-state index >= 15 is 0 Å². The third-order valence-corrected chi connectivity index (χ3v) is 3.44. The Labute approximate surface area is 121 Å². The van der Waals surface area contributed by atoms with Gasteiger partial charge in [0.2, 0.25) is 11.8 Å². The van der Waals surface area contributed by atoms with Crippen molar-refractivity contribution < 1.29 is 22.8 Å². The molecule has 0 aliphatic rings. The van der Waals surface area contributed by atoms with E-state index in [1.165, 1.54) is 0 Å². The van der Waals surface area contributed by atoms with Crippen LogP contribution in [0.3, 0.4) is 0 Å². The Morgan fingerprint density at radius 3 is 2.50 bits per heavy atom. The van der Waals surface area contributed by atoms with Crippen LogP contribution in [-0.2, 0) is 9.59 Å². The summed E-state index contributed by atoms with van der Waals surface area (Å²) >= 11 is 3.09. The van der Waals surface area contributed by atoms with Gasteiger partial charge in [0, 0.05) is 0 Å². The van der Waals surface area contributed by atoms with Gasteiger partial charge in [-0.1, -0.05) is 22.9 Å². The highest BCUT2D eigenvalue weighted by Gasteiger charge is 2.16. The predicted octanol–water partition coefficient (Wildman–Crippen LogP) is 2.33.